The van der Waals surface area contributed by atoms with Gasteiger partial charge in [-0.15, -0.1) is 0 Å². The maximum atomic E-state index is 14.3. The fraction of sp³-hybridized carbons (Fsp3) is 0.410. The number of amides is 4. The van der Waals surface area contributed by atoms with Crippen molar-refractivity contribution in [2.45, 2.75) is 70.9 Å². The van der Waals surface area contributed by atoms with Crippen LogP contribution in [0.2, 0.25) is 0 Å². The molecule has 1 saturated heterocycles. The Morgan fingerprint density at radius 3 is 1.98 bits per heavy atom. The van der Waals surface area contributed by atoms with Crippen LogP contribution in [0.1, 0.15) is 50.3 Å². The van der Waals surface area contributed by atoms with Crippen LogP contribution in [0, 0.1) is 0 Å². The molecule has 1 aliphatic rings. The van der Waals surface area contributed by atoms with Crippen LogP contribution < -0.4 is 15.4 Å². The fourth-order valence-electron chi connectivity index (χ4n) is 5.63. The van der Waals surface area contributed by atoms with Crippen molar-refractivity contribution in [1.29, 1.82) is 0 Å². The Kier molecular flexibility index (Phi) is 14.4. The number of nitrogens with one attached hydrogen (secondary N) is 2. The highest BCUT2D eigenvalue weighted by Crippen LogP contribution is 2.21. The third-order valence-electron chi connectivity index (χ3n) is 8.15. The second kappa shape index (κ2) is 19.1. The van der Waals surface area contributed by atoms with Crippen LogP contribution in [0.15, 0.2) is 84.9 Å². The molecule has 3 aromatic rings. The van der Waals surface area contributed by atoms with Crippen molar-refractivity contribution in [2.75, 3.05) is 33.3 Å². The van der Waals surface area contributed by atoms with Gasteiger partial charge in [-0.2, -0.15) is 0 Å². The van der Waals surface area contributed by atoms with E-state index in [1.54, 1.807) is 52.1 Å². The van der Waals surface area contributed by atoms with Crippen LogP contribution in [0.3, 0.4) is 0 Å². The second-order valence-corrected chi connectivity index (χ2v) is 13.3. The van der Waals surface area contributed by atoms with Crippen molar-refractivity contribution in [1.82, 2.24) is 20.4 Å². The summed E-state index contributed by atoms with van der Waals surface area (Å²) in [6, 6.07) is 23.4. The van der Waals surface area contributed by atoms with Gasteiger partial charge in [0.1, 0.15) is 43.2 Å². The Morgan fingerprint density at radius 2 is 1.40 bits per heavy atom. The average Bonchev–Trinajstić information content (AvgIpc) is 3.13. The minimum absolute atomic E-state index is 0.00134. The van der Waals surface area contributed by atoms with E-state index in [9.17, 15) is 24.0 Å². The highest BCUT2D eigenvalue weighted by atomic mass is 16.6. The van der Waals surface area contributed by atoms with Crippen LogP contribution in [0.25, 0.3) is 0 Å². The molecule has 0 aromatic heterocycles. The smallest absolute Gasteiger partial charge is 0.408 e. The molecule has 0 spiro atoms. The molecule has 2 unspecified atom stereocenters. The van der Waals surface area contributed by atoms with Gasteiger partial charge in [-0.1, -0.05) is 72.8 Å². The van der Waals surface area contributed by atoms with E-state index in [1.807, 2.05) is 60.7 Å². The monoisotopic (exact) mass is 716 g/mol. The number of hydrogen-bond acceptors (Lipinski definition) is 9. The van der Waals surface area contributed by atoms with E-state index >= 15 is 0 Å². The molecule has 1 fully saturated rings. The first kappa shape index (κ1) is 39.2. The molecule has 52 heavy (non-hydrogen) atoms. The molecule has 0 radical (unpaired) electrons. The van der Waals surface area contributed by atoms with Crippen molar-refractivity contribution in [2.24, 2.45) is 0 Å². The van der Waals surface area contributed by atoms with Crippen LogP contribution in [-0.2, 0) is 48.2 Å². The predicted molar refractivity (Wildman–Crippen MR) is 192 cm³/mol. The van der Waals surface area contributed by atoms with Gasteiger partial charge < -0.3 is 39.4 Å². The molecule has 13 nitrogen and oxygen atoms in total. The largest absolute Gasteiger partial charge is 0.497 e. The summed E-state index contributed by atoms with van der Waals surface area (Å²) < 4.78 is 21.5. The van der Waals surface area contributed by atoms with E-state index in [0.717, 1.165) is 16.7 Å². The summed E-state index contributed by atoms with van der Waals surface area (Å²) >= 11 is 0. The molecule has 0 bridgehead atoms. The number of carbonyl (C=O) groups is 5. The summed E-state index contributed by atoms with van der Waals surface area (Å²) in [5.74, 6) is -0.862. The van der Waals surface area contributed by atoms with Crippen molar-refractivity contribution >= 4 is 30.0 Å². The minimum Gasteiger partial charge on any atom is -0.497 e. The van der Waals surface area contributed by atoms with E-state index < -0.39 is 47.7 Å². The number of hydrogen-bond donors (Lipinski definition) is 2. The van der Waals surface area contributed by atoms with Gasteiger partial charge >= 0.3 is 18.2 Å². The summed E-state index contributed by atoms with van der Waals surface area (Å²) in [5, 5.41) is 5.41. The van der Waals surface area contributed by atoms with E-state index in [-0.39, 0.29) is 52.2 Å². The molecule has 1 heterocycles. The van der Waals surface area contributed by atoms with Gasteiger partial charge in [-0.05, 0) is 62.4 Å². The Bertz CT molecular complexity index is 1630. The molecule has 13 heteroatoms. The normalized spacial score (nSPS) is 14.9. The lowest BCUT2D eigenvalue weighted by Gasteiger charge is -2.42. The molecule has 4 rings (SSSR count). The number of benzene rings is 3. The maximum absolute atomic E-state index is 14.3. The molecular weight excluding hydrogens is 668 g/mol. The fourth-order valence-corrected chi connectivity index (χ4v) is 5.63. The number of piperazine rings is 1. The summed E-state index contributed by atoms with van der Waals surface area (Å²) in [6.45, 7) is 5.40. The van der Waals surface area contributed by atoms with E-state index in [1.165, 1.54) is 9.80 Å². The van der Waals surface area contributed by atoms with Gasteiger partial charge in [-0.25, -0.2) is 9.59 Å². The van der Waals surface area contributed by atoms with Gasteiger partial charge in [0, 0.05) is 26.1 Å². The predicted octanol–water partition coefficient (Wildman–Crippen LogP) is 4.62. The lowest BCUT2D eigenvalue weighted by atomic mass is 10.00. The number of alkyl carbamates (subject to hydrolysis) is 2. The highest BCUT2D eigenvalue weighted by molar-refractivity contribution is 5.93. The van der Waals surface area contributed by atoms with Gasteiger partial charge in [-0.3, -0.25) is 14.4 Å². The molecule has 3 aromatic carbocycles. The lowest BCUT2D eigenvalue weighted by molar-refractivity contribution is -0.163. The maximum Gasteiger partial charge on any atom is 0.408 e. The van der Waals surface area contributed by atoms with Crippen LogP contribution >= 0.6 is 0 Å². The quantitative estimate of drug-likeness (QED) is 0.130. The van der Waals surface area contributed by atoms with E-state index in [4.69, 9.17) is 18.9 Å². The minimum atomic E-state index is -1.09. The third-order valence-corrected chi connectivity index (χ3v) is 8.15. The molecule has 0 saturated carbocycles. The molecule has 1 aliphatic heterocycles. The van der Waals surface area contributed by atoms with Gasteiger partial charge in [0.2, 0.25) is 11.8 Å². The Balaban J connectivity index is 1.48. The van der Waals surface area contributed by atoms with Crippen LogP contribution in [0.4, 0.5) is 9.59 Å². The summed E-state index contributed by atoms with van der Waals surface area (Å²) in [7, 11) is 1.55. The molecule has 0 aliphatic carbocycles. The topological polar surface area (TPSA) is 153 Å². The van der Waals surface area contributed by atoms with Gasteiger partial charge in [0.15, 0.2) is 0 Å². The molecule has 2 N–H and O–H groups in total. The first-order chi connectivity index (χ1) is 24.9. The zero-order valence-corrected chi connectivity index (χ0v) is 30.2. The van der Waals surface area contributed by atoms with Crippen molar-refractivity contribution < 1.29 is 42.9 Å². The van der Waals surface area contributed by atoms with E-state index in [2.05, 4.69) is 10.6 Å². The van der Waals surface area contributed by atoms with Crippen molar-refractivity contribution in [3.05, 3.63) is 102 Å². The summed E-state index contributed by atoms with van der Waals surface area (Å²) in [5.41, 5.74) is 1.62. The van der Waals surface area contributed by atoms with Crippen molar-refractivity contribution in [3.8, 4) is 5.75 Å². The highest BCUT2D eigenvalue weighted by Gasteiger charge is 2.41. The number of nitrogens with zero attached hydrogens (tertiary/aromatic N) is 2. The van der Waals surface area contributed by atoms with Crippen LogP contribution in [0.5, 0.6) is 5.75 Å². The Labute approximate surface area is 304 Å². The first-order valence-corrected chi connectivity index (χ1v) is 17.3. The first-order valence-electron chi connectivity index (χ1n) is 17.3. The summed E-state index contributed by atoms with van der Waals surface area (Å²) in [6.07, 6.45) is -0.813. The van der Waals surface area contributed by atoms with Gasteiger partial charge in [0.25, 0.3) is 0 Å². The number of rotatable bonds is 15. The lowest BCUT2D eigenvalue weighted by Crippen LogP contribution is -2.63. The van der Waals surface area contributed by atoms with Crippen LogP contribution in [-0.4, -0.2) is 90.7 Å². The average molecular weight is 717 g/mol. The standard InChI is InChI=1S/C39H48N4O9/c1-39(2,3)52-34(44)25-42-22-23-43(33(36(42)46)16-11-21-40-37(47)50-26-29-12-7-5-8-13-29)35(45)32(24-28-17-19-31(49-4)20-18-28)41-38(48)51-27-30-14-9-6-10-15-30/h5-10,12-15,17-20,32-33H,11,16,21-27H2,1-4H3,(H,40,47)(H,41,48). The zero-order chi connectivity index (χ0) is 37.5. The number of methoxy groups -OCH3 is 1. The second-order valence-electron chi connectivity index (χ2n) is 13.3. The number of carbonyl (C=O) groups excluding carboxylic acids is 5. The van der Waals surface area contributed by atoms with Gasteiger partial charge in [0.05, 0.1) is 7.11 Å². The number of ether oxygens (including phenoxy) is 4. The van der Waals surface area contributed by atoms with Crippen molar-refractivity contribution in [3.63, 3.8) is 0 Å². The molecular formula is C39H48N4O9. The van der Waals surface area contributed by atoms with E-state index in [0.29, 0.717) is 12.2 Å². The molecule has 278 valence electrons. The molecule has 2 atom stereocenters. The SMILES string of the molecule is COc1ccc(CC(NC(=O)OCc2ccccc2)C(=O)N2CCN(CC(=O)OC(C)(C)C)C(=O)C2CCCNC(=O)OCc2ccccc2)cc1. The Morgan fingerprint density at radius 1 is 0.808 bits per heavy atom. The summed E-state index contributed by atoms with van der Waals surface area (Å²) in [4.78, 5) is 69.2. The number of esters is 1. The third kappa shape index (κ3) is 12.6. The zero-order valence-electron chi connectivity index (χ0n) is 30.2. The molecule has 4 amide bonds. The Hall–Kier alpha value is -5.59.